The second-order valence-electron chi connectivity index (χ2n) is 6.28. The molecule has 25 heavy (non-hydrogen) atoms. The van der Waals surface area contributed by atoms with Crippen LogP contribution >= 0.6 is 0 Å². The number of carbonyl (C=O) groups is 1. The van der Waals surface area contributed by atoms with Gasteiger partial charge in [0.2, 0.25) is 0 Å². The highest BCUT2D eigenvalue weighted by atomic mass is 16.1. The summed E-state index contributed by atoms with van der Waals surface area (Å²) in [7, 11) is 0. The maximum atomic E-state index is 11.0. The van der Waals surface area contributed by atoms with E-state index in [-0.39, 0.29) is 0 Å². The molecule has 0 radical (unpaired) electrons. The lowest BCUT2D eigenvalue weighted by Gasteiger charge is -2.09. The fourth-order valence-electron chi connectivity index (χ4n) is 3.66. The number of hydrogen-bond acceptors (Lipinski definition) is 1. The number of para-hydroxylation sites is 2. The first-order valence-electron chi connectivity index (χ1n) is 8.33. The van der Waals surface area contributed by atoms with Crippen molar-refractivity contribution in [3.63, 3.8) is 0 Å². The molecule has 0 fully saturated rings. The van der Waals surface area contributed by atoms with E-state index in [2.05, 4.69) is 71.3 Å². The van der Waals surface area contributed by atoms with Crippen LogP contribution in [0.1, 0.15) is 10.4 Å². The fraction of sp³-hybridized carbons (Fsp3) is 0. The zero-order valence-corrected chi connectivity index (χ0v) is 13.5. The average molecular weight is 321 g/mol. The van der Waals surface area contributed by atoms with Gasteiger partial charge in [-0.3, -0.25) is 4.79 Å². The van der Waals surface area contributed by atoms with Crippen LogP contribution in [0.4, 0.5) is 0 Å². The van der Waals surface area contributed by atoms with Crippen LogP contribution in [0.15, 0.2) is 84.9 Å². The Bertz CT molecular complexity index is 1210. The van der Waals surface area contributed by atoms with E-state index in [9.17, 15) is 4.79 Å². The second kappa shape index (κ2) is 5.32. The molecule has 0 saturated heterocycles. The van der Waals surface area contributed by atoms with Crippen molar-refractivity contribution in [2.75, 3.05) is 0 Å². The van der Waals surface area contributed by atoms with E-state index < -0.39 is 0 Å². The first kappa shape index (κ1) is 14.0. The summed E-state index contributed by atoms with van der Waals surface area (Å²) >= 11 is 0. The molecule has 0 aliphatic carbocycles. The predicted molar refractivity (Wildman–Crippen MR) is 104 cm³/mol. The van der Waals surface area contributed by atoms with Crippen LogP contribution in [-0.2, 0) is 0 Å². The van der Waals surface area contributed by atoms with Gasteiger partial charge in [-0.1, -0.05) is 54.6 Å². The molecule has 0 atom stereocenters. The Morgan fingerprint density at radius 3 is 1.92 bits per heavy atom. The largest absolute Gasteiger partial charge is 0.309 e. The summed E-state index contributed by atoms with van der Waals surface area (Å²) in [4.78, 5) is 11.0. The Hall–Kier alpha value is -3.39. The summed E-state index contributed by atoms with van der Waals surface area (Å²) in [5.74, 6) is 0. The molecule has 0 aliphatic heterocycles. The number of rotatable bonds is 2. The fourth-order valence-corrected chi connectivity index (χ4v) is 3.66. The van der Waals surface area contributed by atoms with Gasteiger partial charge < -0.3 is 4.57 Å². The van der Waals surface area contributed by atoms with Gasteiger partial charge in [0.15, 0.2) is 0 Å². The third kappa shape index (κ3) is 2.08. The Morgan fingerprint density at radius 2 is 1.24 bits per heavy atom. The number of aromatic nitrogens is 1. The molecule has 4 aromatic carbocycles. The van der Waals surface area contributed by atoms with E-state index in [1.165, 1.54) is 21.8 Å². The minimum atomic E-state index is 0.706. The van der Waals surface area contributed by atoms with Crippen LogP contribution in [0.3, 0.4) is 0 Å². The maximum Gasteiger partial charge on any atom is 0.150 e. The zero-order chi connectivity index (χ0) is 16.8. The van der Waals surface area contributed by atoms with Crippen molar-refractivity contribution < 1.29 is 4.79 Å². The van der Waals surface area contributed by atoms with Gasteiger partial charge in [0.05, 0.1) is 11.0 Å². The van der Waals surface area contributed by atoms with Gasteiger partial charge in [0, 0.05) is 22.0 Å². The Morgan fingerprint density at radius 1 is 0.640 bits per heavy atom. The topological polar surface area (TPSA) is 22.0 Å². The molecule has 1 aromatic heterocycles. The molecule has 0 N–H and O–H groups in total. The van der Waals surface area contributed by atoms with E-state index >= 15 is 0 Å². The predicted octanol–water partition coefficient (Wildman–Crippen LogP) is 5.75. The number of hydrogen-bond donors (Lipinski definition) is 0. The lowest BCUT2D eigenvalue weighted by Crippen LogP contribution is -1.93. The highest BCUT2D eigenvalue weighted by molar-refractivity contribution is 6.09. The molecule has 0 aliphatic rings. The SMILES string of the molecule is O=Cc1ccc2cc(-n3c4ccccc4c4ccccc43)ccc2c1. The van der Waals surface area contributed by atoms with Crippen molar-refractivity contribution in [3.05, 3.63) is 90.5 Å². The third-order valence-electron chi connectivity index (χ3n) is 4.82. The minimum Gasteiger partial charge on any atom is -0.309 e. The molecule has 0 spiro atoms. The van der Waals surface area contributed by atoms with Gasteiger partial charge in [-0.25, -0.2) is 0 Å². The van der Waals surface area contributed by atoms with E-state index in [4.69, 9.17) is 0 Å². The molecular weight excluding hydrogens is 306 g/mol. The summed E-state index contributed by atoms with van der Waals surface area (Å²) in [6.07, 6.45) is 0.889. The number of fused-ring (bicyclic) bond motifs is 4. The van der Waals surface area contributed by atoms with Crippen LogP contribution in [0, 0.1) is 0 Å². The van der Waals surface area contributed by atoms with Gasteiger partial charge >= 0.3 is 0 Å². The van der Waals surface area contributed by atoms with E-state index in [1.54, 1.807) is 0 Å². The smallest absolute Gasteiger partial charge is 0.150 e. The van der Waals surface area contributed by atoms with Crippen molar-refractivity contribution in [1.82, 2.24) is 4.57 Å². The van der Waals surface area contributed by atoms with Crippen molar-refractivity contribution in [3.8, 4) is 5.69 Å². The van der Waals surface area contributed by atoms with E-state index in [0.717, 1.165) is 22.7 Å². The number of carbonyl (C=O) groups excluding carboxylic acids is 1. The lowest BCUT2D eigenvalue weighted by atomic mass is 10.1. The molecule has 5 aromatic rings. The first-order valence-corrected chi connectivity index (χ1v) is 8.33. The van der Waals surface area contributed by atoms with Gasteiger partial charge in [-0.2, -0.15) is 0 Å². The Balaban J connectivity index is 1.85. The number of nitrogens with zero attached hydrogens (tertiary/aromatic N) is 1. The molecular formula is C23H15NO. The van der Waals surface area contributed by atoms with Crippen molar-refractivity contribution in [1.29, 1.82) is 0 Å². The van der Waals surface area contributed by atoms with Gasteiger partial charge in [0.1, 0.15) is 6.29 Å². The maximum absolute atomic E-state index is 11.0. The molecule has 0 amide bonds. The lowest BCUT2D eigenvalue weighted by molar-refractivity contribution is 0.112. The summed E-state index contributed by atoms with van der Waals surface area (Å²) in [5, 5.41) is 4.73. The van der Waals surface area contributed by atoms with Gasteiger partial charge in [-0.15, -0.1) is 0 Å². The van der Waals surface area contributed by atoms with Gasteiger partial charge in [-0.05, 0) is 41.1 Å². The van der Waals surface area contributed by atoms with Crippen LogP contribution < -0.4 is 0 Å². The van der Waals surface area contributed by atoms with E-state index in [0.29, 0.717) is 5.56 Å². The van der Waals surface area contributed by atoms with Crippen molar-refractivity contribution >= 4 is 38.9 Å². The zero-order valence-electron chi connectivity index (χ0n) is 13.5. The summed E-state index contributed by atoms with van der Waals surface area (Å²) in [6, 6.07) is 29.2. The highest BCUT2D eigenvalue weighted by Crippen LogP contribution is 2.32. The molecule has 0 bridgehead atoms. The highest BCUT2D eigenvalue weighted by Gasteiger charge is 2.11. The molecule has 5 rings (SSSR count). The molecule has 0 unspecified atom stereocenters. The number of aldehydes is 1. The quantitative estimate of drug-likeness (QED) is 0.379. The monoisotopic (exact) mass is 321 g/mol. The third-order valence-corrected chi connectivity index (χ3v) is 4.82. The van der Waals surface area contributed by atoms with Crippen molar-refractivity contribution in [2.45, 2.75) is 0 Å². The minimum absolute atomic E-state index is 0.706. The first-order chi connectivity index (χ1) is 12.3. The summed E-state index contributed by atoms with van der Waals surface area (Å²) < 4.78 is 2.30. The molecule has 118 valence electrons. The van der Waals surface area contributed by atoms with Crippen molar-refractivity contribution in [2.24, 2.45) is 0 Å². The van der Waals surface area contributed by atoms with Crippen LogP contribution in [0.2, 0.25) is 0 Å². The summed E-state index contributed by atoms with van der Waals surface area (Å²) in [5.41, 5.74) is 4.24. The molecule has 2 heteroatoms. The van der Waals surface area contributed by atoms with E-state index in [1.807, 2.05) is 18.2 Å². The standard InChI is InChI=1S/C23H15NO/c25-15-16-9-10-18-14-19(12-11-17(18)13-16)24-22-7-3-1-5-20(22)21-6-2-4-8-23(21)24/h1-15H. The Kier molecular flexibility index (Phi) is 2.98. The normalized spacial score (nSPS) is 11.4. The van der Waals surface area contributed by atoms with Crippen LogP contribution in [0.5, 0.6) is 0 Å². The van der Waals surface area contributed by atoms with Crippen LogP contribution in [0.25, 0.3) is 38.3 Å². The van der Waals surface area contributed by atoms with Gasteiger partial charge in [0.25, 0.3) is 0 Å². The molecule has 1 heterocycles. The Labute approximate surface area is 144 Å². The average Bonchev–Trinajstić information content (AvgIpc) is 3.02. The molecule has 2 nitrogen and oxygen atoms in total. The number of benzene rings is 4. The molecule has 0 saturated carbocycles. The summed E-state index contributed by atoms with van der Waals surface area (Å²) in [6.45, 7) is 0. The van der Waals surface area contributed by atoms with Crippen LogP contribution in [-0.4, -0.2) is 10.9 Å². The second-order valence-corrected chi connectivity index (χ2v) is 6.28.